The zero-order valence-corrected chi connectivity index (χ0v) is 14.0. The van der Waals surface area contributed by atoms with Crippen LogP contribution in [0, 0.1) is 6.92 Å². The van der Waals surface area contributed by atoms with Gasteiger partial charge in [-0.2, -0.15) is 4.98 Å². The molecule has 1 N–H and O–H groups in total. The molecule has 0 spiro atoms. The van der Waals surface area contributed by atoms with Gasteiger partial charge in [0.1, 0.15) is 5.76 Å². The molecule has 0 aliphatic carbocycles. The Kier molecular flexibility index (Phi) is 3.89. The topological polar surface area (TPSA) is 89.9 Å². The van der Waals surface area contributed by atoms with Crippen LogP contribution in [-0.2, 0) is 13.0 Å². The highest BCUT2D eigenvalue weighted by molar-refractivity contribution is 5.96. The van der Waals surface area contributed by atoms with E-state index in [4.69, 9.17) is 8.94 Å². The molecule has 0 aliphatic heterocycles. The number of hydrogen-bond donors (Lipinski definition) is 1. The maximum absolute atomic E-state index is 5.41. The molecule has 126 valence electrons. The lowest BCUT2D eigenvalue weighted by atomic mass is 10.1. The van der Waals surface area contributed by atoms with Gasteiger partial charge in [-0.15, -0.1) is 0 Å². The highest BCUT2D eigenvalue weighted by Crippen LogP contribution is 2.32. The Morgan fingerprint density at radius 3 is 2.84 bits per heavy atom. The molecule has 4 rings (SSSR count). The van der Waals surface area contributed by atoms with Gasteiger partial charge in [-0.1, -0.05) is 12.1 Å². The van der Waals surface area contributed by atoms with E-state index in [9.17, 15) is 0 Å². The van der Waals surface area contributed by atoms with Gasteiger partial charge in [-0.05, 0) is 31.2 Å². The Morgan fingerprint density at radius 2 is 2.08 bits per heavy atom. The van der Waals surface area contributed by atoms with Gasteiger partial charge >= 0.3 is 0 Å². The fraction of sp³-hybridized carbons (Fsp3) is 0.222. The average Bonchev–Trinajstić information content (AvgIpc) is 3.30. The van der Waals surface area contributed by atoms with Gasteiger partial charge in [-0.3, -0.25) is 0 Å². The molecule has 4 heterocycles. The number of hydrogen-bond acceptors (Lipinski definition) is 7. The van der Waals surface area contributed by atoms with Gasteiger partial charge in [0.2, 0.25) is 0 Å². The largest absolute Gasteiger partial charge is 0.467 e. The van der Waals surface area contributed by atoms with E-state index in [0.717, 1.165) is 28.1 Å². The molecule has 0 atom stereocenters. The Labute approximate surface area is 144 Å². The zero-order chi connectivity index (χ0) is 17.2. The molecule has 0 saturated heterocycles. The predicted octanol–water partition coefficient (Wildman–Crippen LogP) is 3.76. The van der Waals surface area contributed by atoms with Crippen LogP contribution in [0.3, 0.4) is 0 Å². The van der Waals surface area contributed by atoms with Crippen LogP contribution in [0.2, 0.25) is 0 Å². The molecule has 0 fully saturated rings. The minimum atomic E-state index is 0.439. The Morgan fingerprint density at radius 1 is 1.16 bits per heavy atom. The standard InChI is InChI=1S/C18H17N5O2/c1-3-15-22-18(25-23-15)14-10-20-17-13(7-6-11(2)21-17)16(14)19-9-12-5-4-8-24-12/h4-8,10H,3,9H2,1-2H3,(H,19,20,21). The first-order valence-electron chi connectivity index (χ1n) is 8.10. The third-order valence-corrected chi connectivity index (χ3v) is 3.90. The second kappa shape index (κ2) is 6.35. The summed E-state index contributed by atoms with van der Waals surface area (Å²) in [6.45, 7) is 4.45. The van der Waals surface area contributed by atoms with Gasteiger partial charge < -0.3 is 14.3 Å². The van der Waals surface area contributed by atoms with E-state index in [1.165, 1.54) is 0 Å². The number of nitrogens with one attached hydrogen (secondary N) is 1. The molecule has 7 heteroatoms. The molecule has 0 unspecified atom stereocenters. The fourth-order valence-electron chi connectivity index (χ4n) is 2.62. The molecule has 7 nitrogen and oxygen atoms in total. The maximum atomic E-state index is 5.41. The summed E-state index contributed by atoms with van der Waals surface area (Å²) in [4.78, 5) is 13.4. The first kappa shape index (κ1) is 15.3. The van der Waals surface area contributed by atoms with Crippen LogP contribution in [0.15, 0.2) is 45.7 Å². The average molecular weight is 335 g/mol. The molecule has 25 heavy (non-hydrogen) atoms. The Hall–Kier alpha value is -3.22. The number of furan rings is 1. The van der Waals surface area contributed by atoms with Gasteiger partial charge in [-0.25, -0.2) is 9.97 Å². The number of aromatic nitrogens is 4. The highest BCUT2D eigenvalue weighted by atomic mass is 16.5. The van der Waals surface area contributed by atoms with Crippen LogP contribution < -0.4 is 5.32 Å². The van der Waals surface area contributed by atoms with E-state index in [-0.39, 0.29) is 0 Å². The molecule has 4 aromatic heterocycles. The molecule has 0 radical (unpaired) electrons. The molecule has 0 bridgehead atoms. The van der Waals surface area contributed by atoms with E-state index in [2.05, 4.69) is 25.4 Å². The van der Waals surface area contributed by atoms with Crippen LogP contribution in [0.25, 0.3) is 22.5 Å². The Balaban J connectivity index is 1.82. The second-order valence-electron chi connectivity index (χ2n) is 5.67. The molecule has 0 saturated carbocycles. The van der Waals surface area contributed by atoms with Crippen LogP contribution >= 0.6 is 0 Å². The smallest absolute Gasteiger partial charge is 0.261 e. The zero-order valence-electron chi connectivity index (χ0n) is 14.0. The third kappa shape index (κ3) is 2.96. The van der Waals surface area contributed by atoms with E-state index < -0.39 is 0 Å². The van der Waals surface area contributed by atoms with Crippen molar-refractivity contribution in [3.05, 3.63) is 54.0 Å². The molecular formula is C18H17N5O2. The van der Waals surface area contributed by atoms with Crippen molar-refractivity contribution in [1.82, 2.24) is 20.1 Å². The number of aryl methyl sites for hydroxylation is 2. The first-order chi connectivity index (χ1) is 12.2. The van der Waals surface area contributed by atoms with E-state index in [1.54, 1.807) is 12.5 Å². The SMILES string of the molecule is CCc1noc(-c2cnc3nc(C)ccc3c2NCc2ccco2)n1. The van der Waals surface area contributed by atoms with Gasteiger partial charge in [0.05, 0.1) is 24.1 Å². The van der Waals surface area contributed by atoms with Crippen molar-refractivity contribution in [2.45, 2.75) is 26.8 Å². The number of anilines is 1. The maximum Gasteiger partial charge on any atom is 0.261 e. The summed E-state index contributed by atoms with van der Waals surface area (Å²) in [6, 6.07) is 7.73. The quantitative estimate of drug-likeness (QED) is 0.594. The summed E-state index contributed by atoms with van der Waals surface area (Å²) < 4.78 is 10.8. The third-order valence-electron chi connectivity index (χ3n) is 3.90. The number of nitrogens with zero attached hydrogens (tertiary/aromatic N) is 4. The molecule has 0 aliphatic rings. The summed E-state index contributed by atoms with van der Waals surface area (Å²) >= 11 is 0. The van der Waals surface area contributed by atoms with Crippen molar-refractivity contribution in [1.29, 1.82) is 0 Å². The minimum Gasteiger partial charge on any atom is -0.467 e. The monoisotopic (exact) mass is 335 g/mol. The van der Waals surface area contributed by atoms with Crippen molar-refractivity contribution in [3.63, 3.8) is 0 Å². The highest BCUT2D eigenvalue weighted by Gasteiger charge is 2.17. The fourth-order valence-corrected chi connectivity index (χ4v) is 2.62. The Bertz CT molecular complexity index is 1010. The van der Waals surface area contributed by atoms with E-state index in [0.29, 0.717) is 30.3 Å². The summed E-state index contributed by atoms with van der Waals surface area (Å²) in [6.07, 6.45) is 4.08. The van der Waals surface area contributed by atoms with Crippen LogP contribution in [-0.4, -0.2) is 20.1 Å². The lowest BCUT2D eigenvalue weighted by Gasteiger charge is -2.11. The molecular weight excluding hydrogens is 318 g/mol. The normalized spacial score (nSPS) is 11.1. The van der Waals surface area contributed by atoms with Crippen LogP contribution in [0.5, 0.6) is 0 Å². The lowest BCUT2D eigenvalue weighted by Crippen LogP contribution is -2.03. The predicted molar refractivity (Wildman–Crippen MR) is 93.0 cm³/mol. The van der Waals surface area contributed by atoms with Crippen molar-refractivity contribution < 1.29 is 8.94 Å². The lowest BCUT2D eigenvalue weighted by molar-refractivity contribution is 0.423. The summed E-state index contributed by atoms with van der Waals surface area (Å²) in [5.74, 6) is 1.93. The van der Waals surface area contributed by atoms with Crippen LogP contribution in [0.4, 0.5) is 5.69 Å². The van der Waals surface area contributed by atoms with Crippen molar-refractivity contribution in [2.24, 2.45) is 0 Å². The number of pyridine rings is 2. The number of fused-ring (bicyclic) bond motifs is 1. The molecule has 0 aromatic carbocycles. The molecule has 4 aromatic rings. The molecule has 0 amide bonds. The summed E-state index contributed by atoms with van der Waals surface area (Å²) in [7, 11) is 0. The summed E-state index contributed by atoms with van der Waals surface area (Å²) in [5, 5.41) is 8.28. The van der Waals surface area contributed by atoms with Crippen molar-refractivity contribution >= 4 is 16.7 Å². The number of rotatable bonds is 5. The first-order valence-corrected chi connectivity index (χ1v) is 8.10. The van der Waals surface area contributed by atoms with Gasteiger partial charge in [0.25, 0.3) is 5.89 Å². The van der Waals surface area contributed by atoms with E-state index in [1.807, 2.05) is 38.1 Å². The van der Waals surface area contributed by atoms with Gasteiger partial charge in [0, 0.05) is 23.7 Å². The van der Waals surface area contributed by atoms with Crippen molar-refractivity contribution in [2.75, 3.05) is 5.32 Å². The second-order valence-corrected chi connectivity index (χ2v) is 5.67. The summed E-state index contributed by atoms with van der Waals surface area (Å²) in [5.41, 5.74) is 3.17. The van der Waals surface area contributed by atoms with Gasteiger partial charge in [0.15, 0.2) is 11.5 Å². The van der Waals surface area contributed by atoms with E-state index >= 15 is 0 Å². The minimum absolute atomic E-state index is 0.439. The van der Waals surface area contributed by atoms with Crippen molar-refractivity contribution in [3.8, 4) is 11.5 Å². The van der Waals surface area contributed by atoms with Crippen LogP contribution in [0.1, 0.15) is 24.2 Å².